The molecule has 0 heterocycles. The van der Waals surface area contributed by atoms with Gasteiger partial charge in [-0.05, 0) is 87.2 Å². The summed E-state index contributed by atoms with van der Waals surface area (Å²) < 4.78 is 9.97. The van der Waals surface area contributed by atoms with Crippen LogP contribution in [0.25, 0.3) is 0 Å². The fourth-order valence-electron chi connectivity index (χ4n) is 7.84. The van der Waals surface area contributed by atoms with E-state index in [4.69, 9.17) is 15.2 Å². The molecule has 0 aromatic rings. The van der Waals surface area contributed by atoms with Gasteiger partial charge >= 0.3 is 6.16 Å². The van der Waals surface area contributed by atoms with Crippen molar-refractivity contribution in [2.45, 2.75) is 83.3 Å². The van der Waals surface area contributed by atoms with Gasteiger partial charge in [-0.1, -0.05) is 19.4 Å². The van der Waals surface area contributed by atoms with E-state index in [0.29, 0.717) is 32.2 Å². The number of fused-ring (bicyclic) bond motifs is 5. The molecule has 4 rings (SSSR count). The second-order valence-corrected chi connectivity index (χ2v) is 11.3. The average Bonchev–Trinajstić information content (AvgIpc) is 3.06. The van der Waals surface area contributed by atoms with E-state index in [-0.39, 0.29) is 54.4 Å². The summed E-state index contributed by atoms with van der Waals surface area (Å²) >= 11 is 0. The van der Waals surface area contributed by atoms with Crippen molar-refractivity contribution >= 4 is 30.1 Å². The summed E-state index contributed by atoms with van der Waals surface area (Å²) in [5, 5.41) is 23.1. The maximum absolute atomic E-state index is 13.2. The van der Waals surface area contributed by atoms with Crippen LogP contribution in [0.3, 0.4) is 0 Å². The van der Waals surface area contributed by atoms with Crippen molar-refractivity contribution in [3.8, 4) is 0 Å². The Morgan fingerprint density at radius 1 is 1.14 bits per heavy atom. The van der Waals surface area contributed by atoms with Crippen LogP contribution in [0.1, 0.15) is 71.6 Å². The number of ether oxygens (including phenoxy) is 2. The van der Waals surface area contributed by atoms with Gasteiger partial charge in [-0.2, -0.15) is 0 Å². The molecule has 3 saturated carbocycles. The van der Waals surface area contributed by atoms with E-state index in [0.717, 1.165) is 31.3 Å². The molecule has 8 nitrogen and oxygen atoms in total. The molecule has 0 aromatic heterocycles. The number of hydrogen-bond donors (Lipinski definition) is 3. The quantitative estimate of drug-likeness (QED) is 0.349. The molecule has 0 spiro atoms. The van der Waals surface area contributed by atoms with Gasteiger partial charge in [0.2, 0.25) is 5.78 Å². The maximum Gasteiger partial charge on any atom is 0.508 e. The third kappa shape index (κ3) is 4.67. The van der Waals surface area contributed by atoms with Crippen LogP contribution in [0.2, 0.25) is 0 Å². The molecule has 4 aliphatic rings. The number of hydrogen-bond acceptors (Lipinski definition) is 8. The summed E-state index contributed by atoms with van der Waals surface area (Å²) in [6.45, 7) is 4.21. The Labute approximate surface area is 213 Å². The van der Waals surface area contributed by atoms with Crippen molar-refractivity contribution in [1.29, 1.82) is 0 Å². The van der Waals surface area contributed by atoms with Crippen LogP contribution >= 0.6 is 12.4 Å². The Balaban J connectivity index is 0.00000342. The predicted octanol–water partition coefficient (Wildman–Crippen LogP) is 3.10. The number of carbonyl (C=O) groups is 3. The fourth-order valence-corrected chi connectivity index (χ4v) is 7.84. The van der Waals surface area contributed by atoms with Gasteiger partial charge in [-0.3, -0.25) is 9.59 Å². The first-order valence-electron chi connectivity index (χ1n) is 12.7. The largest absolute Gasteiger partial charge is 0.508 e. The molecular formula is C26H40ClNO7. The number of unbranched alkanes of at least 4 members (excludes halogenated alkanes) is 1. The number of Topliss-reactive ketones (excluding diaryl/α,β-unsaturated/α-hetero) is 1. The third-order valence-electron chi connectivity index (χ3n) is 9.65. The zero-order valence-corrected chi connectivity index (χ0v) is 21.6. The van der Waals surface area contributed by atoms with E-state index in [1.165, 1.54) is 0 Å². The molecule has 0 unspecified atom stereocenters. The highest BCUT2D eigenvalue weighted by molar-refractivity contribution is 5.92. The van der Waals surface area contributed by atoms with Crippen LogP contribution < -0.4 is 5.73 Å². The Hall–Kier alpha value is -1.48. The van der Waals surface area contributed by atoms with Gasteiger partial charge < -0.3 is 25.4 Å². The summed E-state index contributed by atoms with van der Waals surface area (Å²) in [5.41, 5.74) is 3.87. The molecule has 0 saturated heterocycles. The topological polar surface area (TPSA) is 136 Å². The highest BCUT2D eigenvalue weighted by Gasteiger charge is 2.68. The average molecular weight is 514 g/mol. The zero-order valence-electron chi connectivity index (χ0n) is 20.8. The second kappa shape index (κ2) is 10.5. The van der Waals surface area contributed by atoms with Gasteiger partial charge in [-0.15, -0.1) is 12.4 Å². The highest BCUT2D eigenvalue weighted by atomic mass is 35.5. The number of aliphatic hydroxyl groups is 2. The molecule has 0 bridgehead atoms. The lowest BCUT2D eigenvalue weighted by atomic mass is 9.45. The Kier molecular flexibility index (Phi) is 8.41. The van der Waals surface area contributed by atoms with Crippen molar-refractivity contribution in [1.82, 2.24) is 0 Å². The number of halogens is 1. The van der Waals surface area contributed by atoms with Gasteiger partial charge in [0.25, 0.3) is 0 Å². The number of rotatable bonds is 7. The van der Waals surface area contributed by atoms with Gasteiger partial charge in [0.15, 0.2) is 12.4 Å². The highest BCUT2D eigenvalue weighted by Crippen LogP contribution is 2.67. The maximum atomic E-state index is 13.2. The van der Waals surface area contributed by atoms with E-state index in [9.17, 15) is 24.6 Å². The molecule has 0 amide bonds. The van der Waals surface area contributed by atoms with Crippen molar-refractivity contribution in [2.75, 3.05) is 19.8 Å². The van der Waals surface area contributed by atoms with E-state index in [1.54, 1.807) is 6.08 Å². The second-order valence-electron chi connectivity index (χ2n) is 11.3. The fraction of sp³-hybridized carbons (Fsp3) is 0.808. The molecule has 198 valence electrons. The molecule has 0 aromatic carbocycles. The number of aliphatic hydroxyl groups excluding tert-OH is 1. The van der Waals surface area contributed by atoms with E-state index < -0.39 is 35.7 Å². The van der Waals surface area contributed by atoms with Crippen molar-refractivity contribution in [3.63, 3.8) is 0 Å². The molecular weight excluding hydrogens is 474 g/mol. The Morgan fingerprint density at radius 3 is 2.60 bits per heavy atom. The predicted molar refractivity (Wildman–Crippen MR) is 131 cm³/mol. The van der Waals surface area contributed by atoms with E-state index in [1.807, 2.05) is 6.92 Å². The Bertz CT molecular complexity index is 878. The first kappa shape index (κ1) is 28.1. The molecule has 0 aliphatic heterocycles. The van der Waals surface area contributed by atoms with Crippen LogP contribution in [0.15, 0.2) is 11.6 Å². The third-order valence-corrected chi connectivity index (χ3v) is 9.65. The minimum atomic E-state index is -1.66. The minimum Gasteiger partial charge on any atom is -0.434 e. The number of carbonyl (C=O) groups excluding carboxylic acids is 3. The molecule has 4 N–H and O–H groups in total. The lowest BCUT2D eigenvalue weighted by Gasteiger charge is -2.60. The molecule has 4 aliphatic carbocycles. The zero-order chi connectivity index (χ0) is 24.7. The lowest BCUT2D eigenvalue weighted by Crippen LogP contribution is -2.62. The number of nitrogens with two attached hydrogens (primary N) is 1. The van der Waals surface area contributed by atoms with Crippen molar-refractivity contribution < 1.29 is 34.1 Å². The van der Waals surface area contributed by atoms with Crippen LogP contribution in [0.5, 0.6) is 0 Å². The van der Waals surface area contributed by atoms with Crippen LogP contribution in [-0.2, 0) is 19.1 Å². The van der Waals surface area contributed by atoms with Crippen LogP contribution in [0, 0.1) is 28.6 Å². The number of allylic oxidation sites excluding steroid dienone is 1. The standard InChI is InChI=1S/C26H39NO7.ClH/c1-24-9-7-17(28)13-16(24)5-6-18-19-8-10-26(32,25(19,2)14-20(29)22(18)24)21(30)15-34-23(31)33-12-4-3-11-27;/h13,18-20,22,29,32H,3-12,14-15,27H2,1-2H3;1H/t18-,19-,20-,22+,24-,25-,26-;/m0./s1. The van der Waals surface area contributed by atoms with Gasteiger partial charge in [0.05, 0.1) is 12.7 Å². The molecule has 35 heavy (non-hydrogen) atoms. The molecule has 0 radical (unpaired) electrons. The molecule has 9 heteroatoms. The van der Waals surface area contributed by atoms with E-state index in [2.05, 4.69) is 6.92 Å². The summed E-state index contributed by atoms with van der Waals surface area (Å²) in [4.78, 5) is 37.1. The number of ketones is 2. The van der Waals surface area contributed by atoms with Crippen LogP contribution in [-0.4, -0.2) is 59.4 Å². The normalized spacial score (nSPS) is 39.9. The van der Waals surface area contributed by atoms with Gasteiger partial charge in [0.1, 0.15) is 5.60 Å². The van der Waals surface area contributed by atoms with Crippen LogP contribution in [0.4, 0.5) is 4.79 Å². The Morgan fingerprint density at radius 2 is 1.89 bits per heavy atom. The lowest BCUT2D eigenvalue weighted by molar-refractivity contribution is -0.182. The summed E-state index contributed by atoms with van der Waals surface area (Å²) in [6.07, 6.45) is 5.70. The van der Waals surface area contributed by atoms with Crippen molar-refractivity contribution in [3.05, 3.63) is 11.6 Å². The first-order chi connectivity index (χ1) is 16.1. The smallest absolute Gasteiger partial charge is 0.434 e. The van der Waals surface area contributed by atoms with Gasteiger partial charge in [-0.25, -0.2) is 4.79 Å². The summed E-state index contributed by atoms with van der Waals surface area (Å²) in [7, 11) is 0. The van der Waals surface area contributed by atoms with Crippen molar-refractivity contribution in [2.24, 2.45) is 34.3 Å². The first-order valence-corrected chi connectivity index (χ1v) is 12.7. The molecule has 3 fully saturated rings. The van der Waals surface area contributed by atoms with Gasteiger partial charge in [0, 0.05) is 11.8 Å². The molecule has 7 atom stereocenters. The monoisotopic (exact) mass is 513 g/mol. The van der Waals surface area contributed by atoms with E-state index >= 15 is 0 Å². The minimum absolute atomic E-state index is 0. The summed E-state index contributed by atoms with van der Waals surface area (Å²) in [6, 6.07) is 0. The summed E-state index contributed by atoms with van der Waals surface area (Å²) in [5.74, 6) is -0.114. The SMILES string of the molecule is C[C@]12CCC(=O)C=C1CC[C@@H]1[C@@H]2[C@@H](O)C[C@@]2(C)[C@H]1CC[C@]2(O)C(=O)COC(=O)OCCCCN.Cl.